The number of nitrogens with one attached hydrogen (secondary N) is 1. The van der Waals surface area contributed by atoms with Crippen LogP contribution >= 0.6 is 15.9 Å². The molecular formula is C13H16BrN3O4. The molecular weight excluding hydrogens is 342 g/mol. The van der Waals surface area contributed by atoms with Crippen molar-refractivity contribution in [1.29, 1.82) is 0 Å². The molecule has 114 valence electrons. The molecule has 1 aliphatic carbocycles. The van der Waals surface area contributed by atoms with Crippen molar-refractivity contribution in [2.75, 3.05) is 6.61 Å². The van der Waals surface area contributed by atoms with Crippen LogP contribution in [0.5, 0.6) is 5.75 Å². The summed E-state index contributed by atoms with van der Waals surface area (Å²) < 4.78 is 6.03. The number of benzene rings is 1. The fraction of sp³-hybridized carbons (Fsp3) is 0.462. The molecule has 1 aromatic carbocycles. The van der Waals surface area contributed by atoms with Crippen molar-refractivity contribution in [2.24, 2.45) is 5.73 Å². The number of nitrogens with two attached hydrogens (primary N) is 1. The van der Waals surface area contributed by atoms with Gasteiger partial charge in [0.1, 0.15) is 0 Å². The molecule has 0 bridgehead atoms. The zero-order valence-corrected chi connectivity index (χ0v) is 12.8. The van der Waals surface area contributed by atoms with Gasteiger partial charge in [0.05, 0.1) is 17.6 Å². The highest BCUT2D eigenvalue weighted by molar-refractivity contribution is 9.10. The van der Waals surface area contributed by atoms with Gasteiger partial charge in [0, 0.05) is 23.0 Å². The van der Waals surface area contributed by atoms with E-state index >= 15 is 0 Å². The van der Waals surface area contributed by atoms with Crippen LogP contribution in [-0.2, 0) is 4.79 Å². The molecule has 1 aliphatic rings. The predicted octanol–water partition coefficient (Wildman–Crippen LogP) is 1.73. The topological polar surface area (TPSA) is 107 Å². The van der Waals surface area contributed by atoms with Gasteiger partial charge in [-0.1, -0.05) is 15.9 Å². The standard InChI is InChI=1S/C13H16BrN3O4/c14-8-1-4-12(11(7-8)17(19)20)21-6-5-10(13(15)18)16-9-2-3-9/h1,4,7,9-10,16H,2-3,5-6H2,(H2,15,18). The van der Waals surface area contributed by atoms with Crippen molar-refractivity contribution in [3.63, 3.8) is 0 Å². The number of hydrogen-bond acceptors (Lipinski definition) is 5. The molecule has 1 aromatic rings. The highest BCUT2D eigenvalue weighted by Gasteiger charge is 2.27. The number of carbonyl (C=O) groups excluding carboxylic acids is 1. The van der Waals surface area contributed by atoms with Crippen molar-refractivity contribution in [3.8, 4) is 5.75 Å². The molecule has 0 aromatic heterocycles. The Morgan fingerprint density at radius 1 is 1.57 bits per heavy atom. The molecule has 1 unspecified atom stereocenters. The third kappa shape index (κ3) is 4.68. The number of hydrogen-bond donors (Lipinski definition) is 2. The van der Waals surface area contributed by atoms with Gasteiger partial charge in [-0.2, -0.15) is 0 Å². The molecule has 1 amide bonds. The molecule has 1 atom stereocenters. The number of primary amides is 1. The maximum Gasteiger partial charge on any atom is 0.312 e. The van der Waals surface area contributed by atoms with Gasteiger partial charge in [-0.15, -0.1) is 0 Å². The van der Waals surface area contributed by atoms with Gasteiger partial charge in [0.2, 0.25) is 5.91 Å². The summed E-state index contributed by atoms with van der Waals surface area (Å²) in [6.45, 7) is 0.176. The second-order valence-corrected chi connectivity index (χ2v) is 5.82. The quantitative estimate of drug-likeness (QED) is 0.544. The van der Waals surface area contributed by atoms with Crippen molar-refractivity contribution in [1.82, 2.24) is 5.32 Å². The molecule has 7 nitrogen and oxygen atoms in total. The summed E-state index contributed by atoms with van der Waals surface area (Å²) in [4.78, 5) is 21.8. The van der Waals surface area contributed by atoms with E-state index in [2.05, 4.69) is 21.2 Å². The van der Waals surface area contributed by atoms with E-state index in [9.17, 15) is 14.9 Å². The average Bonchev–Trinajstić information content (AvgIpc) is 3.22. The average molecular weight is 358 g/mol. The number of nitro groups is 1. The second-order valence-electron chi connectivity index (χ2n) is 4.90. The molecule has 2 rings (SSSR count). The van der Waals surface area contributed by atoms with Gasteiger partial charge >= 0.3 is 5.69 Å². The van der Waals surface area contributed by atoms with Gasteiger partial charge in [-0.3, -0.25) is 14.9 Å². The Bertz CT molecular complexity index is 548. The van der Waals surface area contributed by atoms with Gasteiger partial charge < -0.3 is 15.8 Å². The lowest BCUT2D eigenvalue weighted by Gasteiger charge is -2.15. The summed E-state index contributed by atoms with van der Waals surface area (Å²) in [5.74, 6) is -0.256. The SMILES string of the molecule is NC(=O)C(CCOc1ccc(Br)cc1[N+](=O)[O-])NC1CC1. The fourth-order valence-electron chi connectivity index (χ4n) is 1.88. The van der Waals surface area contributed by atoms with E-state index in [1.165, 1.54) is 12.1 Å². The molecule has 21 heavy (non-hydrogen) atoms. The first-order valence-electron chi connectivity index (χ1n) is 6.59. The van der Waals surface area contributed by atoms with Crippen LogP contribution in [0.2, 0.25) is 0 Å². The molecule has 1 saturated carbocycles. The number of halogens is 1. The summed E-state index contributed by atoms with van der Waals surface area (Å²) in [5, 5.41) is 14.1. The van der Waals surface area contributed by atoms with Crippen LogP contribution in [0, 0.1) is 10.1 Å². The Morgan fingerprint density at radius 3 is 2.86 bits per heavy atom. The Kier molecular flexibility index (Phi) is 5.13. The summed E-state index contributed by atoms with van der Waals surface area (Å²) in [5.41, 5.74) is 5.20. The summed E-state index contributed by atoms with van der Waals surface area (Å²) >= 11 is 3.18. The lowest BCUT2D eigenvalue weighted by atomic mass is 10.2. The van der Waals surface area contributed by atoms with Crippen molar-refractivity contribution in [3.05, 3.63) is 32.8 Å². The van der Waals surface area contributed by atoms with Crippen LogP contribution in [0.25, 0.3) is 0 Å². The van der Waals surface area contributed by atoms with E-state index in [4.69, 9.17) is 10.5 Å². The van der Waals surface area contributed by atoms with E-state index in [1.54, 1.807) is 6.07 Å². The number of nitrogens with zero attached hydrogens (tertiary/aromatic N) is 1. The number of carbonyl (C=O) groups is 1. The molecule has 0 heterocycles. The summed E-state index contributed by atoms with van der Waals surface area (Å²) in [6, 6.07) is 4.45. The molecule has 8 heteroatoms. The molecule has 0 saturated heterocycles. The van der Waals surface area contributed by atoms with Crippen LogP contribution in [0.4, 0.5) is 5.69 Å². The Hall–Kier alpha value is -1.67. The number of amides is 1. The Morgan fingerprint density at radius 2 is 2.29 bits per heavy atom. The third-order valence-electron chi connectivity index (χ3n) is 3.14. The summed E-state index contributed by atoms with van der Waals surface area (Å²) in [6.07, 6.45) is 2.46. The minimum atomic E-state index is -0.506. The first-order valence-corrected chi connectivity index (χ1v) is 7.39. The van der Waals surface area contributed by atoms with E-state index < -0.39 is 16.9 Å². The van der Waals surface area contributed by atoms with E-state index in [1.807, 2.05) is 0 Å². The lowest BCUT2D eigenvalue weighted by molar-refractivity contribution is -0.385. The Balaban J connectivity index is 1.92. The number of rotatable bonds is 8. The van der Waals surface area contributed by atoms with Crippen molar-refractivity contribution < 1.29 is 14.5 Å². The van der Waals surface area contributed by atoms with Crippen LogP contribution in [0.3, 0.4) is 0 Å². The third-order valence-corrected chi connectivity index (χ3v) is 3.63. The van der Waals surface area contributed by atoms with E-state index in [0.29, 0.717) is 16.9 Å². The highest BCUT2D eigenvalue weighted by atomic mass is 79.9. The molecule has 1 fully saturated rings. The van der Waals surface area contributed by atoms with Gasteiger partial charge in [0.25, 0.3) is 0 Å². The zero-order valence-electron chi connectivity index (χ0n) is 11.3. The van der Waals surface area contributed by atoms with Crippen molar-refractivity contribution >= 4 is 27.5 Å². The highest BCUT2D eigenvalue weighted by Crippen LogP contribution is 2.30. The van der Waals surface area contributed by atoms with E-state index in [-0.39, 0.29) is 18.0 Å². The largest absolute Gasteiger partial charge is 0.487 e. The summed E-state index contributed by atoms with van der Waals surface area (Å²) in [7, 11) is 0. The minimum Gasteiger partial charge on any atom is -0.487 e. The maximum atomic E-state index is 11.3. The lowest BCUT2D eigenvalue weighted by Crippen LogP contribution is -2.43. The van der Waals surface area contributed by atoms with Crippen LogP contribution < -0.4 is 15.8 Å². The van der Waals surface area contributed by atoms with E-state index in [0.717, 1.165) is 12.8 Å². The van der Waals surface area contributed by atoms with Crippen molar-refractivity contribution in [2.45, 2.75) is 31.3 Å². The zero-order chi connectivity index (χ0) is 15.4. The first-order chi connectivity index (χ1) is 9.97. The fourth-order valence-corrected chi connectivity index (χ4v) is 2.23. The van der Waals surface area contributed by atoms with Gasteiger partial charge in [-0.25, -0.2) is 0 Å². The van der Waals surface area contributed by atoms with Crippen LogP contribution in [-0.4, -0.2) is 29.5 Å². The minimum absolute atomic E-state index is 0.116. The van der Waals surface area contributed by atoms with Gasteiger partial charge in [-0.05, 0) is 25.0 Å². The molecule has 3 N–H and O–H groups in total. The normalized spacial score (nSPS) is 15.5. The molecule has 0 aliphatic heterocycles. The second kappa shape index (κ2) is 6.86. The molecule has 0 spiro atoms. The number of nitro benzene ring substituents is 1. The monoisotopic (exact) mass is 357 g/mol. The van der Waals surface area contributed by atoms with Crippen LogP contribution in [0.15, 0.2) is 22.7 Å². The maximum absolute atomic E-state index is 11.3. The smallest absolute Gasteiger partial charge is 0.312 e. The Labute approximate surface area is 130 Å². The van der Waals surface area contributed by atoms with Gasteiger partial charge in [0.15, 0.2) is 5.75 Å². The molecule has 0 radical (unpaired) electrons. The number of ether oxygens (including phenoxy) is 1. The van der Waals surface area contributed by atoms with Crippen LogP contribution in [0.1, 0.15) is 19.3 Å². The predicted molar refractivity (Wildman–Crippen MR) is 80.0 cm³/mol. The first kappa shape index (κ1) is 15.7.